The van der Waals surface area contributed by atoms with Crippen LogP contribution in [0, 0.1) is 20.2 Å². The van der Waals surface area contributed by atoms with E-state index in [9.17, 15) is 25.0 Å². The molecule has 2 aliphatic rings. The van der Waals surface area contributed by atoms with E-state index >= 15 is 0 Å². The van der Waals surface area contributed by atoms with Crippen LogP contribution in [0.15, 0.2) is 106 Å². The highest BCUT2D eigenvalue weighted by molar-refractivity contribution is 7.07. The third-order valence-electron chi connectivity index (χ3n) is 7.81. The zero-order valence-corrected chi connectivity index (χ0v) is 24.8. The second-order valence-corrected chi connectivity index (χ2v) is 11.9. The Labute approximate surface area is 263 Å². The lowest BCUT2D eigenvalue weighted by atomic mass is 9.83. The molecule has 0 N–H and O–H groups in total. The summed E-state index contributed by atoms with van der Waals surface area (Å²) < 4.78 is 7.95. The Morgan fingerprint density at radius 2 is 1.69 bits per heavy atom. The van der Waals surface area contributed by atoms with Crippen LogP contribution in [0.5, 0.6) is 11.5 Å². The predicted octanol–water partition coefficient (Wildman–Crippen LogP) is 6.58. The smallest absolute Gasteiger partial charge is 0.318 e. The maximum Gasteiger partial charge on any atom is 0.318 e. The lowest BCUT2D eigenvalue weighted by Crippen LogP contribution is -2.38. The van der Waals surface area contributed by atoms with Crippen molar-refractivity contribution in [3.8, 4) is 11.5 Å². The molecule has 7 rings (SSSR count). The number of nitrogens with zero attached hydrogens (tertiary/aromatic N) is 4. The Morgan fingerprint density at radius 1 is 0.933 bits per heavy atom. The first-order chi connectivity index (χ1) is 21.8. The number of aromatic nitrogens is 1. The van der Waals surface area contributed by atoms with Gasteiger partial charge in [-0.15, -0.1) is 0 Å². The SMILES string of the molecule is O=c1/c(=C\c2ccc(Oc3ccc([N+](=O)[O-])cc3[N+](=O)[O-])cc2)sc2n1[C@H](c1ccc(Cl)cc1)C1=C(N=2)c2ccccc2CC1. The van der Waals surface area contributed by atoms with Gasteiger partial charge in [-0.2, -0.15) is 0 Å². The molecule has 0 amide bonds. The first-order valence-electron chi connectivity index (χ1n) is 13.9. The number of aryl methyl sites for hydroxylation is 1. The lowest BCUT2D eigenvalue weighted by molar-refractivity contribution is -0.394. The van der Waals surface area contributed by atoms with Gasteiger partial charge in [-0.25, -0.2) is 4.99 Å². The first-order valence-corrected chi connectivity index (χ1v) is 15.1. The molecule has 0 radical (unpaired) electrons. The average molecular weight is 637 g/mol. The molecule has 0 fully saturated rings. The van der Waals surface area contributed by atoms with Crippen LogP contribution in [0.2, 0.25) is 5.02 Å². The van der Waals surface area contributed by atoms with Gasteiger partial charge in [0, 0.05) is 16.7 Å². The number of nitro groups is 2. The highest BCUT2D eigenvalue weighted by atomic mass is 35.5. The number of hydrogen-bond acceptors (Lipinski definition) is 8. The molecule has 12 heteroatoms. The molecule has 4 aromatic carbocycles. The minimum atomic E-state index is -0.732. The van der Waals surface area contributed by atoms with Crippen molar-refractivity contribution in [1.29, 1.82) is 0 Å². The molecule has 0 bridgehead atoms. The number of fused-ring (bicyclic) bond motifs is 3. The van der Waals surface area contributed by atoms with E-state index in [1.54, 1.807) is 34.9 Å². The number of ether oxygens (including phenoxy) is 1. The van der Waals surface area contributed by atoms with Crippen molar-refractivity contribution in [1.82, 2.24) is 4.57 Å². The van der Waals surface area contributed by atoms with Crippen molar-refractivity contribution in [2.24, 2.45) is 4.99 Å². The molecule has 0 saturated heterocycles. The van der Waals surface area contributed by atoms with Crippen molar-refractivity contribution in [3.63, 3.8) is 0 Å². The Hall–Kier alpha value is -5.39. The van der Waals surface area contributed by atoms with Gasteiger partial charge in [0.15, 0.2) is 4.80 Å². The van der Waals surface area contributed by atoms with Crippen LogP contribution in [0.4, 0.5) is 11.4 Å². The number of allylic oxidation sites excluding steroid dienone is 1. The average Bonchev–Trinajstić information content (AvgIpc) is 3.35. The molecule has 10 nitrogen and oxygen atoms in total. The molecular weight excluding hydrogens is 616 g/mol. The number of halogens is 1. The van der Waals surface area contributed by atoms with Crippen molar-refractivity contribution in [2.75, 3.05) is 0 Å². The van der Waals surface area contributed by atoms with E-state index in [4.69, 9.17) is 21.3 Å². The van der Waals surface area contributed by atoms with Gasteiger partial charge in [0.05, 0.1) is 32.2 Å². The molecule has 0 saturated carbocycles. The van der Waals surface area contributed by atoms with Gasteiger partial charge in [-0.1, -0.05) is 71.5 Å². The molecule has 0 spiro atoms. The fourth-order valence-electron chi connectivity index (χ4n) is 5.73. The quantitative estimate of drug-likeness (QED) is 0.153. The second-order valence-electron chi connectivity index (χ2n) is 10.5. The first kappa shape index (κ1) is 28.4. The summed E-state index contributed by atoms with van der Waals surface area (Å²) in [5, 5.41) is 23.1. The van der Waals surface area contributed by atoms with E-state index in [0.29, 0.717) is 25.7 Å². The number of non-ortho nitro benzene ring substituents is 1. The normalized spacial score (nSPS) is 15.5. The topological polar surface area (TPSA) is 130 Å². The van der Waals surface area contributed by atoms with Crippen LogP contribution in [-0.2, 0) is 6.42 Å². The maximum absolute atomic E-state index is 14.0. The number of benzene rings is 4. The van der Waals surface area contributed by atoms with Crippen LogP contribution in [-0.4, -0.2) is 14.4 Å². The molecule has 1 aliphatic heterocycles. The zero-order chi connectivity index (χ0) is 31.2. The summed E-state index contributed by atoms with van der Waals surface area (Å²) >= 11 is 7.52. The van der Waals surface area contributed by atoms with Gasteiger partial charge in [0.2, 0.25) is 5.75 Å². The molecule has 1 aromatic heterocycles. The van der Waals surface area contributed by atoms with Gasteiger partial charge < -0.3 is 4.74 Å². The summed E-state index contributed by atoms with van der Waals surface area (Å²) in [7, 11) is 0. The molecule has 5 aromatic rings. The van der Waals surface area contributed by atoms with Gasteiger partial charge >= 0.3 is 5.69 Å². The highest BCUT2D eigenvalue weighted by Crippen LogP contribution is 2.41. The molecule has 222 valence electrons. The van der Waals surface area contributed by atoms with Crippen molar-refractivity contribution >= 4 is 46.1 Å². The third-order valence-corrected chi connectivity index (χ3v) is 9.05. The zero-order valence-electron chi connectivity index (χ0n) is 23.3. The van der Waals surface area contributed by atoms with Crippen molar-refractivity contribution < 1.29 is 14.6 Å². The Balaban J connectivity index is 1.27. The summed E-state index contributed by atoms with van der Waals surface area (Å²) in [6.45, 7) is 0. The minimum Gasteiger partial charge on any atom is -0.450 e. The molecule has 1 atom stereocenters. The molecule has 2 heterocycles. The van der Waals surface area contributed by atoms with E-state index in [-0.39, 0.29) is 17.4 Å². The van der Waals surface area contributed by atoms with Gasteiger partial charge in [0.25, 0.3) is 11.2 Å². The predicted molar refractivity (Wildman–Crippen MR) is 170 cm³/mol. The Morgan fingerprint density at radius 3 is 2.42 bits per heavy atom. The number of rotatable bonds is 6. The third kappa shape index (κ3) is 5.22. The van der Waals surface area contributed by atoms with Crippen molar-refractivity contribution in [3.05, 3.63) is 164 Å². The summed E-state index contributed by atoms with van der Waals surface area (Å²) in [5.41, 5.74) is 4.89. The minimum absolute atomic E-state index is 0.126. The van der Waals surface area contributed by atoms with Crippen LogP contribution in [0.1, 0.15) is 34.7 Å². The van der Waals surface area contributed by atoms with Gasteiger partial charge in [-0.05, 0) is 71.5 Å². The molecular formula is C33H21ClN4O6S. The fraction of sp³-hybridized carbons (Fsp3) is 0.0909. The number of hydrogen-bond donors (Lipinski definition) is 0. The van der Waals surface area contributed by atoms with Crippen LogP contribution >= 0.6 is 22.9 Å². The van der Waals surface area contributed by atoms with E-state index in [2.05, 4.69) is 12.1 Å². The maximum atomic E-state index is 14.0. The van der Waals surface area contributed by atoms with E-state index in [1.165, 1.54) is 23.0 Å². The van der Waals surface area contributed by atoms with Gasteiger partial charge in [-0.3, -0.25) is 29.6 Å². The van der Waals surface area contributed by atoms with Crippen molar-refractivity contribution in [2.45, 2.75) is 18.9 Å². The summed E-state index contributed by atoms with van der Waals surface area (Å²) in [5.74, 6) is 0.166. The second kappa shape index (κ2) is 11.3. The van der Waals surface area contributed by atoms with E-state index in [1.807, 2.05) is 36.4 Å². The molecule has 1 aliphatic carbocycles. The number of thiazole rings is 1. The summed E-state index contributed by atoms with van der Waals surface area (Å²) in [6.07, 6.45) is 3.41. The lowest BCUT2D eigenvalue weighted by Gasteiger charge is -2.30. The highest BCUT2D eigenvalue weighted by Gasteiger charge is 2.32. The van der Waals surface area contributed by atoms with Gasteiger partial charge in [0.1, 0.15) is 5.75 Å². The summed E-state index contributed by atoms with van der Waals surface area (Å²) in [4.78, 5) is 40.7. The fourth-order valence-corrected chi connectivity index (χ4v) is 6.85. The van der Waals surface area contributed by atoms with E-state index in [0.717, 1.165) is 47.4 Å². The Kier molecular flexibility index (Phi) is 7.11. The van der Waals surface area contributed by atoms with Crippen LogP contribution in [0.3, 0.4) is 0 Å². The summed E-state index contributed by atoms with van der Waals surface area (Å²) in [6, 6.07) is 25.3. The van der Waals surface area contributed by atoms with Crippen LogP contribution < -0.4 is 19.6 Å². The van der Waals surface area contributed by atoms with E-state index < -0.39 is 21.2 Å². The molecule has 0 unspecified atom stereocenters. The molecule has 45 heavy (non-hydrogen) atoms. The number of nitro benzene ring substituents is 2. The van der Waals surface area contributed by atoms with Crippen LogP contribution in [0.25, 0.3) is 11.8 Å². The largest absolute Gasteiger partial charge is 0.450 e. The monoisotopic (exact) mass is 636 g/mol. The standard InChI is InChI=1S/C33H21ClN4O6S/c34-22-10-7-21(8-11-22)31-26-15-9-20-3-1-2-4-25(20)30(26)35-33-36(31)32(39)29(45-33)17-19-5-13-24(14-6-19)44-28-16-12-23(37(40)41)18-27(28)38(42)43/h1-8,10-14,16-18,31H,9,15H2/b29-17+/t31-/m1/s1. The Bertz CT molecular complexity index is 2240.